The fraction of sp³-hybridized carbons (Fsp3) is 0.286. The average Bonchev–Trinajstić information content (AvgIpc) is 3.22. The SMILES string of the molecule is Cc1sc2nc(SCC(=O)N3CCN(CC(=O)Nc4ccc(F)cc4)CC3)n(-c3ccc(Cl)cc3)c(=O)c2c1C. The highest BCUT2D eigenvalue weighted by atomic mass is 35.5. The van der Waals surface area contributed by atoms with E-state index in [0.29, 0.717) is 57.9 Å². The maximum absolute atomic E-state index is 13.6. The summed E-state index contributed by atoms with van der Waals surface area (Å²) in [5.74, 6) is -0.489. The van der Waals surface area contributed by atoms with Crippen LogP contribution < -0.4 is 10.9 Å². The number of benzene rings is 2. The van der Waals surface area contributed by atoms with Crippen molar-refractivity contribution < 1.29 is 14.0 Å². The van der Waals surface area contributed by atoms with Gasteiger partial charge in [-0.3, -0.25) is 23.9 Å². The summed E-state index contributed by atoms with van der Waals surface area (Å²) in [6.07, 6.45) is 0. The highest BCUT2D eigenvalue weighted by Crippen LogP contribution is 2.30. The summed E-state index contributed by atoms with van der Waals surface area (Å²) >= 11 is 8.78. The van der Waals surface area contributed by atoms with Crippen LogP contribution in [0.5, 0.6) is 0 Å². The number of nitrogens with one attached hydrogen (secondary N) is 1. The van der Waals surface area contributed by atoms with E-state index in [9.17, 15) is 18.8 Å². The number of carbonyl (C=O) groups excluding carboxylic acids is 2. The monoisotopic (exact) mass is 599 g/mol. The molecule has 2 aromatic heterocycles. The number of aryl methyl sites for hydroxylation is 2. The van der Waals surface area contributed by atoms with Crippen molar-refractivity contribution in [3.63, 3.8) is 0 Å². The van der Waals surface area contributed by atoms with Gasteiger partial charge in [0.25, 0.3) is 5.56 Å². The normalized spacial score (nSPS) is 14.1. The maximum Gasteiger partial charge on any atom is 0.267 e. The molecule has 0 bridgehead atoms. The van der Waals surface area contributed by atoms with Gasteiger partial charge in [0, 0.05) is 41.8 Å². The number of amides is 2. The third-order valence-electron chi connectivity index (χ3n) is 6.80. The number of thiophene rings is 1. The Kier molecular flexibility index (Phi) is 8.55. The Morgan fingerprint density at radius 1 is 1.05 bits per heavy atom. The van der Waals surface area contributed by atoms with E-state index < -0.39 is 0 Å². The molecule has 208 valence electrons. The fourth-order valence-corrected chi connectivity index (χ4v) is 6.61. The van der Waals surface area contributed by atoms with Crippen LogP contribution in [0.4, 0.5) is 10.1 Å². The second-order valence-electron chi connectivity index (χ2n) is 9.48. The highest BCUT2D eigenvalue weighted by Gasteiger charge is 2.24. The first-order valence-corrected chi connectivity index (χ1v) is 14.8. The first kappa shape index (κ1) is 28.3. The van der Waals surface area contributed by atoms with Crippen molar-refractivity contribution in [2.24, 2.45) is 0 Å². The maximum atomic E-state index is 13.6. The summed E-state index contributed by atoms with van der Waals surface area (Å²) in [6, 6.07) is 12.6. The molecule has 1 N–H and O–H groups in total. The first-order valence-electron chi connectivity index (χ1n) is 12.7. The number of hydrogen-bond acceptors (Lipinski definition) is 7. The molecule has 1 fully saturated rings. The van der Waals surface area contributed by atoms with Crippen molar-refractivity contribution in [3.8, 4) is 5.69 Å². The Hall–Kier alpha value is -3.25. The van der Waals surface area contributed by atoms with E-state index in [2.05, 4.69) is 5.32 Å². The van der Waals surface area contributed by atoms with Crippen molar-refractivity contribution in [3.05, 3.63) is 80.2 Å². The molecule has 0 atom stereocenters. The van der Waals surface area contributed by atoms with E-state index in [1.54, 1.807) is 33.7 Å². The second kappa shape index (κ2) is 12.1. The molecule has 40 heavy (non-hydrogen) atoms. The van der Waals surface area contributed by atoms with Crippen LogP contribution in [-0.2, 0) is 9.59 Å². The zero-order chi connectivity index (χ0) is 28.4. The average molecular weight is 600 g/mol. The van der Waals surface area contributed by atoms with Crippen molar-refractivity contribution in [1.29, 1.82) is 0 Å². The number of rotatable bonds is 7. The molecule has 8 nitrogen and oxygen atoms in total. The third kappa shape index (κ3) is 6.22. The predicted octanol–water partition coefficient (Wildman–Crippen LogP) is 4.73. The van der Waals surface area contributed by atoms with Crippen LogP contribution >= 0.6 is 34.7 Å². The zero-order valence-corrected chi connectivity index (χ0v) is 24.3. The van der Waals surface area contributed by atoms with Crippen LogP contribution in [0.3, 0.4) is 0 Å². The lowest BCUT2D eigenvalue weighted by molar-refractivity contribution is -0.130. The molecular formula is C28H27ClFN5O3S2. The molecule has 2 amide bonds. The van der Waals surface area contributed by atoms with E-state index in [4.69, 9.17) is 16.6 Å². The minimum Gasteiger partial charge on any atom is -0.339 e. The number of carbonyl (C=O) groups is 2. The van der Waals surface area contributed by atoms with Gasteiger partial charge < -0.3 is 10.2 Å². The smallest absolute Gasteiger partial charge is 0.267 e. The summed E-state index contributed by atoms with van der Waals surface area (Å²) in [6.45, 7) is 6.17. The molecular weight excluding hydrogens is 573 g/mol. The van der Waals surface area contributed by atoms with Crippen LogP contribution in [-0.4, -0.2) is 69.6 Å². The number of thioether (sulfide) groups is 1. The second-order valence-corrected chi connectivity index (χ2v) is 12.1. The standard InChI is InChI=1S/C28H27ClFN5O3S2/c1-17-18(2)40-26-25(17)27(38)35(22-9-3-19(29)4-10-22)28(32-26)39-16-24(37)34-13-11-33(12-14-34)15-23(36)31-21-7-5-20(30)6-8-21/h3-10H,11-16H2,1-2H3,(H,31,36). The van der Waals surface area contributed by atoms with Crippen LogP contribution in [0.2, 0.25) is 5.02 Å². The van der Waals surface area contributed by atoms with Crippen LogP contribution in [0.15, 0.2) is 58.5 Å². The Bertz CT molecular complexity index is 1610. The highest BCUT2D eigenvalue weighted by molar-refractivity contribution is 7.99. The van der Waals surface area contributed by atoms with Gasteiger partial charge in [-0.25, -0.2) is 9.37 Å². The topological polar surface area (TPSA) is 87.5 Å². The molecule has 0 saturated carbocycles. The van der Waals surface area contributed by atoms with Gasteiger partial charge in [-0.1, -0.05) is 23.4 Å². The van der Waals surface area contributed by atoms with Gasteiger partial charge in [0.05, 0.1) is 23.4 Å². The minimum absolute atomic E-state index is 0.0593. The van der Waals surface area contributed by atoms with Gasteiger partial charge in [-0.2, -0.15) is 0 Å². The summed E-state index contributed by atoms with van der Waals surface area (Å²) in [4.78, 5) is 49.3. The first-order chi connectivity index (χ1) is 19.2. The Morgan fingerprint density at radius 2 is 1.73 bits per heavy atom. The molecule has 1 aliphatic heterocycles. The summed E-state index contributed by atoms with van der Waals surface area (Å²) in [7, 11) is 0. The zero-order valence-electron chi connectivity index (χ0n) is 21.9. The molecule has 2 aromatic carbocycles. The van der Waals surface area contributed by atoms with Crippen molar-refractivity contribution in [1.82, 2.24) is 19.4 Å². The molecule has 5 rings (SSSR count). The fourth-order valence-electron chi connectivity index (χ4n) is 4.50. The molecule has 12 heteroatoms. The molecule has 0 aliphatic carbocycles. The van der Waals surface area contributed by atoms with Gasteiger partial charge in [-0.15, -0.1) is 11.3 Å². The Morgan fingerprint density at radius 3 is 2.40 bits per heavy atom. The summed E-state index contributed by atoms with van der Waals surface area (Å²) < 4.78 is 14.6. The van der Waals surface area contributed by atoms with Crippen LogP contribution in [0.25, 0.3) is 15.9 Å². The molecule has 0 spiro atoms. The molecule has 4 aromatic rings. The van der Waals surface area contributed by atoms with Gasteiger partial charge in [-0.05, 0) is 67.9 Å². The van der Waals surface area contributed by atoms with E-state index in [1.165, 1.54) is 47.4 Å². The van der Waals surface area contributed by atoms with Gasteiger partial charge in [0.1, 0.15) is 10.6 Å². The Balaban J connectivity index is 1.23. The number of nitrogens with zero attached hydrogens (tertiary/aromatic N) is 4. The quantitative estimate of drug-likeness (QED) is 0.244. The Labute approximate surface area is 243 Å². The summed E-state index contributed by atoms with van der Waals surface area (Å²) in [5, 5.41) is 4.36. The molecule has 1 saturated heterocycles. The molecule has 0 unspecified atom stereocenters. The number of anilines is 1. The molecule has 1 aliphatic rings. The van der Waals surface area contributed by atoms with Crippen LogP contribution in [0.1, 0.15) is 10.4 Å². The summed E-state index contributed by atoms with van der Waals surface area (Å²) in [5.41, 5.74) is 1.91. The van der Waals surface area contributed by atoms with E-state index in [1.807, 2.05) is 18.7 Å². The van der Waals surface area contributed by atoms with E-state index in [0.717, 1.165) is 10.4 Å². The number of piperazine rings is 1. The van der Waals surface area contributed by atoms with Crippen LogP contribution in [0, 0.1) is 19.7 Å². The van der Waals surface area contributed by atoms with E-state index in [-0.39, 0.29) is 35.5 Å². The number of aromatic nitrogens is 2. The lowest BCUT2D eigenvalue weighted by Gasteiger charge is -2.34. The lowest BCUT2D eigenvalue weighted by atomic mass is 10.2. The van der Waals surface area contributed by atoms with Gasteiger partial charge >= 0.3 is 0 Å². The third-order valence-corrected chi connectivity index (χ3v) is 9.08. The predicted molar refractivity (Wildman–Crippen MR) is 158 cm³/mol. The number of fused-ring (bicyclic) bond motifs is 1. The van der Waals surface area contributed by atoms with Crippen molar-refractivity contribution in [2.75, 3.05) is 43.8 Å². The van der Waals surface area contributed by atoms with Crippen molar-refractivity contribution >= 4 is 62.4 Å². The lowest BCUT2D eigenvalue weighted by Crippen LogP contribution is -2.50. The van der Waals surface area contributed by atoms with E-state index >= 15 is 0 Å². The van der Waals surface area contributed by atoms with Gasteiger partial charge in [0.15, 0.2) is 5.16 Å². The van der Waals surface area contributed by atoms with Gasteiger partial charge in [0.2, 0.25) is 11.8 Å². The minimum atomic E-state index is -0.363. The largest absolute Gasteiger partial charge is 0.339 e. The van der Waals surface area contributed by atoms with Crippen molar-refractivity contribution in [2.45, 2.75) is 19.0 Å². The number of halogens is 2. The molecule has 3 heterocycles. The number of hydrogen-bond donors (Lipinski definition) is 1. The molecule has 0 radical (unpaired) electrons.